The summed E-state index contributed by atoms with van der Waals surface area (Å²) in [6.45, 7) is 0. The number of hydrogen-bond donors (Lipinski definition) is 0. The zero-order chi connectivity index (χ0) is 28.3. The monoisotopic (exact) mass is 551 g/mol. The van der Waals surface area contributed by atoms with E-state index in [1.54, 1.807) is 0 Å². The van der Waals surface area contributed by atoms with Gasteiger partial charge in [-0.15, -0.1) is 0 Å². The van der Waals surface area contributed by atoms with E-state index in [9.17, 15) is 0 Å². The normalized spacial score (nSPS) is 11.7. The molecule has 202 valence electrons. The standard InChI is InChI=1S/C40H25NO2/c1-2-11-28(12-3-1)41(35-17-8-10-27-22-25-34-32-14-5-7-19-37(32)43-40(34)38(27)35)29-23-20-26(21-24-29)30-15-9-16-33-31-13-4-6-18-36(31)42-39(30)33/h1-25H. The van der Waals surface area contributed by atoms with Gasteiger partial charge in [0.05, 0.1) is 5.69 Å². The van der Waals surface area contributed by atoms with Crippen molar-refractivity contribution >= 4 is 71.7 Å². The van der Waals surface area contributed by atoms with E-state index in [0.717, 1.165) is 82.8 Å². The van der Waals surface area contributed by atoms with Crippen molar-refractivity contribution in [3.63, 3.8) is 0 Å². The Hall–Kier alpha value is -5.80. The Labute approximate surface area is 247 Å². The summed E-state index contributed by atoms with van der Waals surface area (Å²) in [5, 5.41) is 6.75. The summed E-state index contributed by atoms with van der Waals surface area (Å²) in [6.07, 6.45) is 0. The fraction of sp³-hybridized carbons (Fsp3) is 0. The van der Waals surface area contributed by atoms with Crippen molar-refractivity contribution in [2.24, 2.45) is 0 Å². The van der Waals surface area contributed by atoms with Crippen LogP contribution in [0.25, 0.3) is 65.8 Å². The molecule has 3 nitrogen and oxygen atoms in total. The lowest BCUT2D eigenvalue weighted by molar-refractivity contribution is 0.670. The van der Waals surface area contributed by atoms with E-state index in [1.165, 1.54) is 0 Å². The third-order valence-corrected chi connectivity index (χ3v) is 8.46. The second-order valence-corrected chi connectivity index (χ2v) is 10.9. The molecule has 0 radical (unpaired) electrons. The van der Waals surface area contributed by atoms with Gasteiger partial charge in [0.15, 0.2) is 0 Å². The number of fused-ring (bicyclic) bond motifs is 8. The Balaban J connectivity index is 1.24. The van der Waals surface area contributed by atoms with Crippen molar-refractivity contribution in [2.75, 3.05) is 4.90 Å². The molecule has 3 heteroatoms. The number of rotatable bonds is 4. The van der Waals surface area contributed by atoms with Crippen LogP contribution in [-0.2, 0) is 0 Å². The molecule has 0 saturated carbocycles. The van der Waals surface area contributed by atoms with E-state index in [1.807, 2.05) is 24.3 Å². The second kappa shape index (κ2) is 9.37. The van der Waals surface area contributed by atoms with Gasteiger partial charge in [0.2, 0.25) is 0 Å². The summed E-state index contributed by atoms with van der Waals surface area (Å²) in [6, 6.07) is 53.0. The van der Waals surface area contributed by atoms with E-state index in [4.69, 9.17) is 8.83 Å². The van der Waals surface area contributed by atoms with Crippen LogP contribution in [0.2, 0.25) is 0 Å². The van der Waals surface area contributed by atoms with Crippen LogP contribution in [0, 0.1) is 0 Å². The van der Waals surface area contributed by atoms with Gasteiger partial charge in [-0.3, -0.25) is 0 Å². The minimum absolute atomic E-state index is 0.898. The van der Waals surface area contributed by atoms with Crippen LogP contribution in [0.3, 0.4) is 0 Å². The third-order valence-electron chi connectivity index (χ3n) is 8.46. The van der Waals surface area contributed by atoms with E-state index in [-0.39, 0.29) is 0 Å². The van der Waals surface area contributed by atoms with Crippen LogP contribution in [0.5, 0.6) is 0 Å². The van der Waals surface area contributed by atoms with Crippen LogP contribution < -0.4 is 4.90 Å². The maximum absolute atomic E-state index is 6.53. The van der Waals surface area contributed by atoms with Gasteiger partial charge >= 0.3 is 0 Å². The molecule has 2 heterocycles. The highest BCUT2D eigenvalue weighted by molar-refractivity contribution is 6.19. The molecule has 0 amide bonds. The number of anilines is 3. The quantitative estimate of drug-likeness (QED) is 0.218. The molecule has 0 unspecified atom stereocenters. The first kappa shape index (κ1) is 23.9. The summed E-state index contributed by atoms with van der Waals surface area (Å²) in [7, 11) is 0. The number of para-hydroxylation sites is 4. The Morgan fingerprint density at radius 2 is 1.00 bits per heavy atom. The van der Waals surface area contributed by atoms with Crippen molar-refractivity contribution in [2.45, 2.75) is 0 Å². The van der Waals surface area contributed by atoms with Crippen LogP contribution in [-0.4, -0.2) is 0 Å². The molecule has 0 fully saturated rings. The highest BCUT2D eigenvalue weighted by atomic mass is 16.3. The van der Waals surface area contributed by atoms with Crippen LogP contribution in [0.15, 0.2) is 160 Å². The van der Waals surface area contributed by atoms with Crippen molar-refractivity contribution < 1.29 is 8.83 Å². The van der Waals surface area contributed by atoms with Gasteiger partial charge in [0, 0.05) is 43.9 Å². The minimum atomic E-state index is 0.898. The molecule has 9 rings (SSSR count). The molecule has 0 aliphatic rings. The Bertz CT molecular complexity index is 2450. The molecule has 0 saturated heterocycles. The lowest BCUT2D eigenvalue weighted by atomic mass is 10.0. The largest absolute Gasteiger partial charge is 0.455 e. The molecule has 0 spiro atoms. The maximum Gasteiger partial charge on any atom is 0.145 e. The summed E-state index contributed by atoms with van der Waals surface area (Å²) >= 11 is 0. The van der Waals surface area contributed by atoms with E-state index >= 15 is 0 Å². The van der Waals surface area contributed by atoms with Gasteiger partial charge in [-0.2, -0.15) is 0 Å². The first-order valence-corrected chi connectivity index (χ1v) is 14.5. The van der Waals surface area contributed by atoms with Gasteiger partial charge < -0.3 is 13.7 Å². The van der Waals surface area contributed by atoms with Crippen molar-refractivity contribution in [1.29, 1.82) is 0 Å². The molecule has 0 N–H and O–H groups in total. The number of furan rings is 2. The molecule has 0 aliphatic carbocycles. The zero-order valence-electron chi connectivity index (χ0n) is 23.2. The SMILES string of the molecule is c1ccc(N(c2ccc(-c3cccc4c3oc3ccccc34)cc2)c2cccc3ccc4c5ccccc5oc4c23)cc1. The van der Waals surface area contributed by atoms with Gasteiger partial charge in [-0.05, 0) is 59.5 Å². The average Bonchev–Trinajstić information content (AvgIpc) is 3.64. The van der Waals surface area contributed by atoms with Crippen molar-refractivity contribution in [1.82, 2.24) is 0 Å². The van der Waals surface area contributed by atoms with Crippen molar-refractivity contribution in [3.05, 3.63) is 152 Å². The van der Waals surface area contributed by atoms with Gasteiger partial charge in [-0.25, -0.2) is 0 Å². The van der Waals surface area contributed by atoms with E-state index < -0.39 is 0 Å². The molecule has 9 aromatic rings. The molecule has 0 bridgehead atoms. The van der Waals surface area contributed by atoms with Gasteiger partial charge in [0.25, 0.3) is 0 Å². The number of benzene rings is 7. The predicted molar refractivity (Wildman–Crippen MR) is 179 cm³/mol. The number of nitrogens with zero attached hydrogens (tertiary/aromatic N) is 1. The summed E-state index contributed by atoms with van der Waals surface area (Å²) in [4.78, 5) is 2.32. The molecule has 0 atom stereocenters. The summed E-state index contributed by atoms with van der Waals surface area (Å²) in [5.74, 6) is 0. The minimum Gasteiger partial charge on any atom is -0.455 e. The van der Waals surface area contributed by atoms with Crippen LogP contribution in [0.1, 0.15) is 0 Å². The smallest absolute Gasteiger partial charge is 0.145 e. The molecular weight excluding hydrogens is 526 g/mol. The number of hydrogen-bond acceptors (Lipinski definition) is 3. The van der Waals surface area contributed by atoms with Gasteiger partial charge in [-0.1, -0.05) is 103 Å². The van der Waals surface area contributed by atoms with E-state index in [0.29, 0.717) is 0 Å². The lowest BCUT2D eigenvalue weighted by Crippen LogP contribution is -2.10. The highest BCUT2D eigenvalue weighted by Gasteiger charge is 2.20. The molecule has 43 heavy (non-hydrogen) atoms. The maximum atomic E-state index is 6.53. The van der Waals surface area contributed by atoms with Gasteiger partial charge in [0.1, 0.15) is 22.3 Å². The van der Waals surface area contributed by atoms with Crippen LogP contribution >= 0.6 is 0 Å². The highest BCUT2D eigenvalue weighted by Crippen LogP contribution is 2.44. The fourth-order valence-electron chi connectivity index (χ4n) is 6.49. The molecule has 7 aromatic carbocycles. The Morgan fingerprint density at radius 3 is 1.77 bits per heavy atom. The van der Waals surface area contributed by atoms with E-state index in [2.05, 4.69) is 132 Å². The first-order valence-electron chi connectivity index (χ1n) is 14.5. The second-order valence-electron chi connectivity index (χ2n) is 10.9. The predicted octanol–water partition coefficient (Wildman–Crippen LogP) is 11.8. The molecule has 2 aromatic heterocycles. The lowest BCUT2D eigenvalue weighted by Gasteiger charge is -2.27. The Morgan fingerprint density at radius 1 is 0.395 bits per heavy atom. The Kier molecular flexibility index (Phi) is 5.20. The average molecular weight is 552 g/mol. The third kappa shape index (κ3) is 3.68. The first-order chi connectivity index (χ1) is 21.3. The topological polar surface area (TPSA) is 29.5 Å². The molecule has 0 aliphatic heterocycles. The van der Waals surface area contributed by atoms with Crippen LogP contribution in [0.4, 0.5) is 17.1 Å². The zero-order valence-corrected chi connectivity index (χ0v) is 23.2. The van der Waals surface area contributed by atoms with Crippen molar-refractivity contribution in [3.8, 4) is 11.1 Å². The summed E-state index contributed by atoms with van der Waals surface area (Å²) in [5.41, 5.74) is 9.03. The summed E-state index contributed by atoms with van der Waals surface area (Å²) < 4.78 is 12.9. The fourth-order valence-corrected chi connectivity index (χ4v) is 6.49. The molecular formula is C40H25NO2.